The van der Waals surface area contributed by atoms with E-state index in [0.29, 0.717) is 24.1 Å². The van der Waals surface area contributed by atoms with Gasteiger partial charge in [0.2, 0.25) is 5.71 Å². The summed E-state index contributed by atoms with van der Waals surface area (Å²) >= 11 is 0. The van der Waals surface area contributed by atoms with Crippen LogP contribution in [0.25, 0.3) is 55.6 Å². The zero-order valence-electron chi connectivity index (χ0n) is 29.6. The number of carbonyl (C=O) groups is 2. The maximum Gasteiger partial charge on any atom is 0.354 e. The Hall–Kier alpha value is -6.35. The first-order valence-electron chi connectivity index (χ1n) is 17.5. The fraction of sp³-hybridized carbons (Fsp3) is 0.111. The van der Waals surface area contributed by atoms with Crippen LogP contribution in [0.2, 0.25) is 0 Å². The molecule has 2 N–H and O–H groups in total. The molecule has 5 aromatic heterocycles. The molecule has 273 valence electrons. The molecular weight excluding hydrogens is 869 g/mol. The van der Waals surface area contributed by atoms with Crippen molar-refractivity contribution in [3.8, 4) is 33.5 Å². The Morgan fingerprint density at radius 1 is 0.636 bits per heavy atom. The van der Waals surface area contributed by atoms with Gasteiger partial charge in [-0.2, -0.15) is 0 Å². The van der Waals surface area contributed by atoms with E-state index >= 15 is 0 Å². The number of hydrogen-bond acceptors (Lipinski definition) is 7. The number of hydrogen-bond donors (Lipinski definition) is 2. The van der Waals surface area contributed by atoms with Gasteiger partial charge in [-0.3, -0.25) is 0 Å². The minimum Gasteiger partial charge on any atom is -0.486 e. The molecule has 55 heavy (non-hydrogen) atoms. The second-order valence-electron chi connectivity index (χ2n) is 13.2. The first-order chi connectivity index (χ1) is 26.3. The van der Waals surface area contributed by atoms with E-state index in [1.807, 2.05) is 67.7 Å². The van der Waals surface area contributed by atoms with E-state index in [4.69, 9.17) is 9.40 Å². The van der Waals surface area contributed by atoms with Gasteiger partial charge in [-0.25, -0.2) is 24.5 Å². The summed E-state index contributed by atoms with van der Waals surface area (Å²) in [6.45, 7) is 1.94. The van der Waals surface area contributed by atoms with Crippen LogP contribution in [-0.4, -0.2) is 42.1 Å². The Morgan fingerprint density at radius 3 is 1.82 bits per heavy atom. The van der Waals surface area contributed by atoms with Crippen LogP contribution in [0.15, 0.2) is 126 Å². The van der Waals surface area contributed by atoms with Crippen LogP contribution in [0.1, 0.15) is 48.9 Å². The Bertz CT molecular complexity index is 2590. The minimum absolute atomic E-state index is 0. The minimum atomic E-state index is -1.05. The quantitative estimate of drug-likeness (QED) is 0.122. The summed E-state index contributed by atoms with van der Waals surface area (Å²) in [4.78, 5) is 40.3. The van der Waals surface area contributed by atoms with Crippen LogP contribution in [0, 0.1) is 13.0 Å². The van der Waals surface area contributed by atoms with Crippen molar-refractivity contribution in [2.75, 3.05) is 0 Å². The molecule has 10 heteroatoms. The predicted octanol–water partition coefficient (Wildman–Crippen LogP) is 9.24. The molecule has 0 fully saturated rings. The number of carboxylic acid groups (broad SMARTS) is 2. The van der Waals surface area contributed by atoms with Gasteiger partial charge in [0.15, 0.2) is 0 Å². The van der Waals surface area contributed by atoms with Crippen molar-refractivity contribution in [3.05, 3.63) is 167 Å². The van der Waals surface area contributed by atoms with E-state index in [9.17, 15) is 19.8 Å². The molecule has 1 radical (unpaired) electrons. The Kier molecular flexibility index (Phi) is 10.7. The molecule has 0 aliphatic heterocycles. The van der Waals surface area contributed by atoms with Gasteiger partial charge in [0.1, 0.15) is 11.4 Å². The number of pyridine rings is 4. The second-order valence-corrected chi connectivity index (χ2v) is 13.2. The summed E-state index contributed by atoms with van der Waals surface area (Å²) in [6, 6.07) is 36.9. The number of aromatic nitrogens is 4. The predicted molar refractivity (Wildman–Crippen MR) is 206 cm³/mol. The molecule has 0 aliphatic carbocycles. The molecule has 0 saturated carbocycles. The zero-order valence-corrected chi connectivity index (χ0v) is 32.0. The monoisotopic (exact) mass is 902 g/mol. The third-order valence-corrected chi connectivity index (χ3v) is 9.55. The summed E-state index contributed by atoms with van der Waals surface area (Å²) in [5.41, 5.74) is 12.0. The summed E-state index contributed by atoms with van der Waals surface area (Å²) in [5, 5.41) is 20.5. The van der Waals surface area contributed by atoms with Crippen LogP contribution >= 0.6 is 0 Å². The largest absolute Gasteiger partial charge is 0.486 e. The van der Waals surface area contributed by atoms with Crippen molar-refractivity contribution in [1.29, 1.82) is 0 Å². The molecule has 8 aromatic rings. The molecule has 5 heterocycles. The molecule has 3 aromatic carbocycles. The standard InChI is InChI=1S/C45H33N4O5.Ir/c1-27-9-17-37-36-7-4-8-38(42(36)54-43(37)49-27)39-20-16-32(26-48-39)34-5-2-3-6-35(34)33-22-30(12-10-28-14-18-40(44(50)51)46-24-28)21-31(23-33)13-11-29-15-19-41(45(52)53)47-25-29;/h2-7,9,14-26H,10-13H2,1H3,(H,50,51)(H,52,53);/q-1;. The van der Waals surface area contributed by atoms with Gasteiger partial charge >= 0.3 is 11.9 Å². The molecule has 0 aliphatic rings. The van der Waals surface area contributed by atoms with E-state index in [1.54, 1.807) is 12.4 Å². The van der Waals surface area contributed by atoms with E-state index in [-0.39, 0.29) is 31.5 Å². The number of benzene rings is 3. The van der Waals surface area contributed by atoms with Crippen molar-refractivity contribution in [2.45, 2.75) is 32.6 Å². The normalized spacial score (nSPS) is 11.1. The van der Waals surface area contributed by atoms with Crippen LogP contribution in [0.3, 0.4) is 0 Å². The van der Waals surface area contributed by atoms with Gasteiger partial charge in [-0.15, -0.1) is 18.2 Å². The number of furan rings is 1. The fourth-order valence-electron chi connectivity index (χ4n) is 6.77. The molecule has 0 spiro atoms. The summed E-state index contributed by atoms with van der Waals surface area (Å²) in [5.74, 6) is -2.10. The SMILES string of the molecule is Cc1ccc2c(n1)oc1c(-c3ccc(-c4ccccc4-c4cc(CCc5ccc(C(=O)O)nc5)cc(CCc5ccc(C(=O)O)nc5)c4)cn3)[c-]ccc12.[Ir]. The average Bonchev–Trinajstić information content (AvgIpc) is 3.57. The summed E-state index contributed by atoms with van der Waals surface area (Å²) in [6.07, 6.45) is 7.96. The number of carboxylic acids is 2. The Morgan fingerprint density at radius 2 is 1.25 bits per heavy atom. The molecule has 0 bridgehead atoms. The molecular formula is C45H33IrN4O5-. The molecule has 0 unspecified atom stereocenters. The van der Waals surface area contributed by atoms with Crippen molar-refractivity contribution in [1.82, 2.24) is 19.9 Å². The van der Waals surface area contributed by atoms with Gasteiger partial charge in [0, 0.05) is 49.8 Å². The van der Waals surface area contributed by atoms with E-state index in [0.717, 1.165) is 85.1 Å². The van der Waals surface area contributed by atoms with Crippen LogP contribution in [0.4, 0.5) is 0 Å². The number of nitrogens with zero attached hydrogens (tertiary/aromatic N) is 4. The fourth-order valence-corrected chi connectivity index (χ4v) is 6.77. The molecule has 9 nitrogen and oxygen atoms in total. The van der Waals surface area contributed by atoms with E-state index in [1.165, 1.54) is 12.1 Å². The smallest absolute Gasteiger partial charge is 0.354 e. The average molecular weight is 902 g/mol. The Balaban J connectivity index is 0.00000465. The second kappa shape index (κ2) is 15.9. The van der Waals surface area contributed by atoms with Crippen LogP contribution in [-0.2, 0) is 45.8 Å². The topological polar surface area (TPSA) is 139 Å². The number of rotatable bonds is 11. The number of fused-ring (bicyclic) bond motifs is 3. The van der Waals surface area contributed by atoms with E-state index in [2.05, 4.69) is 57.4 Å². The molecule has 0 amide bonds. The first-order valence-corrected chi connectivity index (χ1v) is 17.5. The van der Waals surface area contributed by atoms with Gasteiger partial charge in [0.25, 0.3) is 0 Å². The zero-order chi connectivity index (χ0) is 37.2. The first kappa shape index (κ1) is 37.0. The third-order valence-electron chi connectivity index (χ3n) is 9.55. The van der Waals surface area contributed by atoms with Crippen molar-refractivity contribution >= 4 is 34.0 Å². The van der Waals surface area contributed by atoms with Crippen molar-refractivity contribution in [2.24, 2.45) is 0 Å². The number of aromatic carboxylic acids is 2. The molecule has 8 rings (SSSR count). The van der Waals surface area contributed by atoms with Crippen LogP contribution in [0.5, 0.6) is 0 Å². The summed E-state index contributed by atoms with van der Waals surface area (Å²) < 4.78 is 6.22. The third kappa shape index (κ3) is 7.97. The van der Waals surface area contributed by atoms with Gasteiger partial charge in [-0.1, -0.05) is 77.7 Å². The summed E-state index contributed by atoms with van der Waals surface area (Å²) in [7, 11) is 0. The van der Waals surface area contributed by atoms with Crippen molar-refractivity contribution in [3.63, 3.8) is 0 Å². The van der Waals surface area contributed by atoms with Gasteiger partial charge in [0.05, 0.1) is 5.58 Å². The van der Waals surface area contributed by atoms with Crippen LogP contribution < -0.4 is 0 Å². The maximum atomic E-state index is 11.3. The Labute approximate surface area is 330 Å². The van der Waals surface area contributed by atoms with Gasteiger partial charge in [-0.05, 0) is 107 Å². The number of aryl methyl sites for hydroxylation is 5. The van der Waals surface area contributed by atoms with E-state index < -0.39 is 11.9 Å². The maximum absolute atomic E-state index is 11.3. The van der Waals surface area contributed by atoms with Gasteiger partial charge < -0.3 is 19.6 Å². The molecule has 0 saturated heterocycles. The molecule has 0 atom stereocenters. The van der Waals surface area contributed by atoms with Crippen molar-refractivity contribution < 1.29 is 44.3 Å².